The van der Waals surface area contributed by atoms with Gasteiger partial charge in [0.05, 0.1) is 5.56 Å². The standard InChI is InChI=1S/C8H7FN2O/c9-7-2-1-3-8-6(7)4-10-5-11(8)12/h1-3,5,10H,4H2. The number of hydrogen-bond acceptors (Lipinski definition) is 2. The summed E-state index contributed by atoms with van der Waals surface area (Å²) in [5.41, 5.74) is 0.809. The summed E-state index contributed by atoms with van der Waals surface area (Å²) in [4.78, 5) is 0. The molecule has 1 aromatic carbocycles. The Kier molecular flexibility index (Phi) is 1.46. The highest BCUT2D eigenvalue weighted by Crippen LogP contribution is 2.22. The van der Waals surface area contributed by atoms with E-state index in [2.05, 4.69) is 5.32 Å². The summed E-state index contributed by atoms with van der Waals surface area (Å²) in [5, 5.41) is 13.7. The molecule has 12 heavy (non-hydrogen) atoms. The highest BCUT2D eigenvalue weighted by Gasteiger charge is 2.15. The van der Waals surface area contributed by atoms with Gasteiger partial charge in [0.25, 0.3) is 0 Å². The van der Waals surface area contributed by atoms with Crippen molar-refractivity contribution in [2.24, 2.45) is 0 Å². The Morgan fingerprint density at radius 3 is 3.08 bits per heavy atom. The predicted octanol–water partition coefficient (Wildman–Crippen LogP) is 1.10. The van der Waals surface area contributed by atoms with Gasteiger partial charge in [-0.1, -0.05) is 6.07 Å². The highest BCUT2D eigenvalue weighted by atomic mass is 19.1. The third-order valence-electron chi connectivity index (χ3n) is 1.82. The van der Waals surface area contributed by atoms with E-state index in [4.69, 9.17) is 0 Å². The van der Waals surface area contributed by atoms with Crippen molar-refractivity contribution < 1.29 is 9.13 Å². The first-order chi connectivity index (χ1) is 5.79. The summed E-state index contributed by atoms with van der Waals surface area (Å²) in [5.74, 6) is -0.339. The highest BCUT2D eigenvalue weighted by molar-refractivity contribution is 5.57. The van der Waals surface area contributed by atoms with Gasteiger partial charge in [-0.3, -0.25) is 5.32 Å². The van der Waals surface area contributed by atoms with Crippen LogP contribution in [0.4, 0.5) is 10.1 Å². The van der Waals surface area contributed by atoms with Gasteiger partial charge in [-0.15, -0.1) is 0 Å². The van der Waals surface area contributed by atoms with Gasteiger partial charge in [-0.05, 0) is 12.1 Å². The zero-order valence-electron chi connectivity index (χ0n) is 6.25. The molecule has 0 amide bonds. The molecule has 0 spiro atoms. The van der Waals surface area contributed by atoms with Gasteiger partial charge in [0.2, 0.25) is 6.34 Å². The van der Waals surface area contributed by atoms with E-state index in [1.165, 1.54) is 18.5 Å². The smallest absolute Gasteiger partial charge is 0.240 e. The van der Waals surface area contributed by atoms with Gasteiger partial charge in [0, 0.05) is 0 Å². The average molecular weight is 166 g/mol. The Morgan fingerprint density at radius 1 is 1.50 bits per heavy atom. The lowest BCUT2D eigenvalue weighted by atomic mass is 10.1. The first kappa shape index (κ1) is 7.09. The number of fused-ring (bicyclic) bond motifs is 1. The van der Waals surface area contributed by atoms with Crippen LogP contribution in [-0.4, -0.2) is 11.1 Å². The SMILES string of the molecule is [O-][N+]1=CNCc2c(F)cccc21. The van der Waals surface area contributed by atoms with E-state index in [1.807, 2.05) is 0 Å². The molecule has 1 aromatic rings. The van der Waals surface area contributed by atoms with Crippen LogP contribution in [0.1, 0.15) is 5.56 Å². The molecule has 1 aliphatic rings. The number of benzene rings is 1. The lowest BCUT2D eigenvalue weighted by Crippen LogP contribution is -2.23. The maximum absolute atomic E-state index is 13.0. The maximum Gasteiger partial charge on any atom is 0.240 e. The van der Waals surface area contributed by atoms with Crippen molar-refractivity contribution in [1.82, 2.24) is 5.32 Å². The van der Waals surface area contributed by atoms with Gasteiger partial charge in [0.15, 0.2) is 0 Å². The van der Waals surface area contributed by atoms with Crippen LogP contribution in [0.25, 0.3) is 0 Å². The van der Waals surface area contributed by atoms with Crippen molar-refractivity contribution >= 4 is 12.0 Å². The quantitative estimate of drug-likeness (QED) is 0.463. The number of nitrogens with one attached hydrogen (secondary N) is 1. The second kappa shape index (κ2) is 2.48. The minimum Gasteiger partial charge on any atom is -0.711 e. The van der Waals surface area contributed by atoms with E-state index in [9.17, 15) is 9.60 Å². The van der Waals surface area contributed by atoms with E-state index in [0.29, 0.717) is 22.5 Å². The first-order valence-corrected chi connectivity index (χ1v) is 3.59. The molecule has 1 heterocycles. The fraction of sp³-hybridized carbons (Fsp3) is 0.125. The average Bonchev–Trinajstić information content (AvgIpc) is 2.07. The van der Waals surface area contributed by atoms with Crippen LogP contribution in [0.5, 0.6) is 0 Å². The molecule has 2 rings (SSSR count). The predicted molar refractivity (Wildman–Crippen MR) is 42.6 cm³/mol. The fourth-order valence-corrected chi connectivity index (χ4v) is 1.23. The largest absolute Gasteiger partial charge is 0.711 e. The molecule has 62 valence electrons. The minimum absolute atomic E-state index is 0.339. The van der Waals surface area contributed by atoms with Crippen molar-refractivity contribution in [2.75, 3.05) is 0 Å². The third kappa shape index (κ3) is 0.922. The second-order valence-electron chi connectivity index (χ2n) is 2.57. The number of rotatable bonds is 0. The molecule has 0 radical (unpaired) electrons. The number of halogens is 1. The van der Waals surface area contributed by atoms with Crippen molar-refractivity contribution in [1.29, 1.82) is 0 Å². The van der Waals surface area contributed by atoms with Crippen LogP contribution in [-0.2, 0) is 6.54 Å². The summed E-state index contributed by atoms with van der Waals surface area (Å²) in [7, 11) is 0. The molecule has 0 atom stereocenters. The van der Waals surface area contributed by atoms with Crippen LogP contribution < -0.4 is 5.32 Å². The van der Waals surface area contributed by atoms with E-state index in [0.717, 1.165) is 0 Å². The van der Waals surface area contributed by atoms with Gasteiger partial charge in [0.1, 0.15) is 18.0 Å². The van der Waals surface area contributed by atoms with E-state index < -0.39 is 0 Å². The maximum atomic E-state index is 13.0. The molecule has 0 aliphatic carbocycles. The number of hydrogen-bond donors (Lipinski definition) is 1. The molecular formula is C8H7FN2O. The third-order valence-corrected chi connectivity index (χ3v) is 1.82. The number of nitrogens with zero attached hydrogens (tertiary/aromatic N) is 1. The van der Waals surface area contributed by atoms with Gasteiger partial charge in [-0.25, -0.2) is 9.13 Å². The lowest BCUT2D eigenvalue weighted by molar-refractivity contribution is -0.361. The summed E-state index contributed by atoms with van der Waals surface area (Å²) >= 11 is 0. The Balaban J connectivity index is 2.62. The Morgan fingerprint density at radius 2 is 2.33 bits per heavy atom. The molecule has 4 heteroatoms. The monoisotopic (exact) mass is 166 g/mol. The molecule has 1 N–H and O–H groups in total. The molecule has 0 saturated carbocycles. The molecule has 0 fully saturated rings. The van der Waals surface area contributed by atoms with Gasteiger partial charge >= 0.3 is 0 Å². The van der Waals surface area contributed by atoms with Crippen LogP contribution in [0, 0.1) is 11.0 Å². The Labute approximate surface area is 68.7 Å². The van der Waals surface area contributed by atoms with Crippen molar-refractivity contribution in [2.45, 2.75) is 6.54 Å². The summed E-state index contributed by atoms with van der Waals surface area (Å²) in [6, 6.07) is 4.47. The van der Waals surface area contributed by atoms with Gasteiger partial charge in [-0.2, -0.15) is 0 Å². The van der Waals surface area contributed by atoms with Crippen LogP contribution >= 0.6 is 0 Å². The van der Waals surface area contributed by atoms with E-state index >= 15 is 0 Å². The van der Waals surface area contributed by atoms with Gasteiger partial charge < -0.3 is 5.21 Å². The molecule has 0 aromatic heterocycles. The van der Waals surface area contributed by atoms with Crippen LogP contribution in [0.3, 0.4) is 0 Å². The summed E-state index contributed by atoms with van der Waals surface area (Å²) < 4.78 is 13.7. The zero-order chi connectivity index (χ0) is 8.55. The normalized spacial score (nSPS) is 14.6. The van der Waals surface area contributed by atoms with Crippen molar-refractivity contribution in [3.63, 3.8) is 0 Å². The minimum atomic E-state index is -0.339. The summed E-state index contributed by atoms with van der Waals surface area (Å²) in [6.45, 7) is 0.376. The first-order valence-electron chi connectivity index (χ1n) is 3.59. The summed E-state index contributed by atoms with van der Waals surface area (Å²) in [6.07, 6.45) is 1.28. The van der Waals surface area contributed by atoms with Crippen LogP contribution in [0.2, 0.25) is 0 Å². The van der Waals surface area contributed by atoms with Crippen LogP contribution in [0.15, 0.2) is 18.2 Å². The molecule has 3 nitrogen and oxygen atoms in total. The molecule has 1 aliphatic heterocycles. The van der Waals surface area contributed by atoms with Crippen molar-refractivity contribution in [3.8, 4) is 0 Å². The molecule has 0 saturated heterocycles. The zero-order valence-corrected chi connectivity index (χ0v) is 6.25. The van der Waals surface area contributed by atoms with Crippen molar-refractivity contribution in [3.05, 3.63) is 34.8 Å². The lowest BCUT2D eigenvalue weighted by Gasteiger charge is -2.16. The fourth-order valence-electron chi connectivity index (χ4n) is 1.23. The molecule has 0 unspecified atom stereocenters. The van der Waals surface area contributed by atoms with E-state index in [1.54, 1.807) is 6.07 Å². The molecular weight excluding hydrogens is 159 g/mol. The topological polar surface area (TPSA) is 38.1 Å². The molecule has 0 bridgehead atoms. The Hall–Kier alpha value is -1.58. The Bertz CT molecular complexity index is 349. The second-order valence-corrected chi connectivity index (χ2v) is 2.57. The van der Waals surface area contributed by atoms with E-state index in [-0.39, 0.29) is 5.82 Å².